The molecule has 3 aromatic rings. The maximum absolute atomic E-state index is 14.5. The van der Waals surface area contributed by atoms with Crippen LogP contribution in [0.2, 0.25) is 5.02 Å². The lowest BCUT2D eigenvalue weighted by Crippen LogP contribution is -2.46. The lowest BCUT2D eigenvalue weighted by Gasteiger charge is -2.37. The molecule has 3 unspecified atom stereocenters. The number of aliphatic hydroxyl groups is 1. The van der Waals surface area contributed by atoms with E-state index in [1.54, 1.807) is 6.92 Å². The molecular weight excluding hydrogens is 502 g/mol. The lowest BCUT2D eigenvalue weighted by atomic mass is 9.76. The van der Waals surface area contributed by atoms with Crippen LogP contribution in [0.25, 0.3) is 11.1 Å². The summed E-state index contributed by atoms with van der Waals surface area (Å²) in [5.41, 5.74) is -3.14. The number of carboxylic acids is 1. The molecule has 1 aliphatic rings. The Hall–Kier alpha value is -3.43. The fourth-order valence-corrected chi connectivity index (χ4v) is 4.81. The van der Waals surface area contributed by atoms with Gasteiger partial charge in [-0.2, -0.15) is 13.2 Å². The number of rotatable bonds is 5. The Morgan fingerprint density at radius 2 is 1.78 bits per heavy atom. The van der Waals surface area contributed by atoms with Crippen LogP contribution in [-0.4, -0.2) is 28.3 Å². The fraction of sp³-hybridized carbons (Fsp3) is 0.231. The number of alkyl halides is 3. The topological polar surface area (TPSA) is 86.6 Å². The second-order valence-electron chi connectivity index (χ2n) is 8.73. The van der Waals surface area contributed by atoms with Gasteiger partial charge in [-0.05, 0) is 59.5 Å². The van der Waals surface area contributed by atoms with E-state index in [4.69, 9.17) is 16.7 Å². The second kappa shape index (κ2) is 8.90. The fourth-order valence-electron chi connectivity index (χ4n) is 4.47. The van der Waals surface area contributed by atoms with Crippen molar-refractivity contribution < 1.29 is 37.4 Å². The van der Waals surface area contributed by atoms with Crippen LogP contribution in [0, 0.1) is 5.82 Å². The van der Waals surface area contributed by atoms with Gasteiger partial charge in [-0.3, -0.25) is 4.79 Å². The molecule has 36 heavy (non-hydrogen) atoms. The molecule has 1 heterocycles. The number of carbonyl (C=O) groups is 2. The third-order valence-electron chi connectivity index (χ3n) is 6.66. The van der Waals surface area contributed by atoms with Crippen LogP contribution >= 0.6 is 11.6 Å². The van der Waals surface area contributed by atoms with Crippen LogP contribution in [0.5, 0.6) is 0 Å². The average molecular weight is 522 g/mol. The van der Waals surface area contributed by atoms with Gasteiger partial charge in [0.15, 0.2) is 5.60 Å². The predicted octanol–water partition coefficient (Wildman–Crippen LogP) is 6.45. The Morgan fingerprint density at radius 1 is 1.08 bits per heavy atom. The molecule has 10 heteroatoms. The molecule has 4 rings (SSSR count). The Bertz CT molecular complexity index is 1390. The first-order chi connectivity index (χ1) is 16.8. The summed E-state index contributed by atoms with van der Waals surface area (Å²) < 4.78 is 57.7. The summed E-state index contributed by atoms with van der Waals surface area (Å²) in [6.45, 7) is 2.73. The van der Waals surface area contributed by atoms with Crippen LogP contribution < -0.4 is 5.32 Å². The van der Waals surface area contributed by atoms with E-state index in [0.29, 0.717) is 11.3 Å². The molecule has 0 bridgehead atoms. The van der Waals surface area contributed by atoms with E-state index in [-0.39, 0.29) is 33.2 Å². The lowest BCUT2D eigenvalue weighted by molar-refractivity contribution is -0.274. The number of hydrogen-bond acceptors (Lipinski definition) is 3. The van der Waals surface area contributed by atoms with E-state index in [9.17, 15) is 32.3 Å². The minimum atomic E-state index is -5.11. The minimum absolute atomic E-state index is 0.0111. The van der Waals surface area contributed by atoms with Gasteiger partial charge in [-0.1, -0.05) is 42.8 Å². The summed E-state index contributed by atoms with van der Waals surface area (Å²) in [6, 6.07) is 10.7. The summed E-state index contributed by atoms with van der Waals surface area (Å²) in [4.78, 5) is 23.0. The van der Waals surface area contributed by atoms with E-state index < -0.39 is 41.0 Å². The highest BCUT2D eigenvalue weighted by molar-refractivity contribution is 6.31. The van der Waals surface area contributed by atoms with Crippen LogP contribution in [0.1, 0.15) is 52.7 Å². The summed E-state index contributed by atoms with van der Waals surface area (Å²) in [7, 11) is 0. The number of fused-ring (bicyclic) bond motifs is 1. The summed E-state index contributed by atoms with van der Waals surface area (Å²) >= 11 is 6.34. The van der Waals surface area contributed by atoms with Crippen LogP contribution in [0.3, 0.4) is 0 Å². The molecule has 0 fully saturated rings. The maximum Gasteiger partial charge on any atom is 0.422 e. The van der Waals surface area contributed by atoms with Crippen molar-refractivity contribution in [1.29, 1.82) is 0 Å². The molecule has 1 aliphatic heterocycles. The van der Waals surface area contributed by atoms with E-state index >= 15 is 0 Å². The third-order valence-corrected chi connectivity index (χ3v) is 6.99. The van der Waals surface area contributed by atoms with Crippen LogP contribution in [0.15, 0.2) is 54.6 Å². The molecule has 3 aromatic carbocycles. The highest BCUT2D eigenvalue weighted by Gasteiger charge is 2.59. The quantitative estimate of drug-likeness (QED) is 0.337. The number of hydrogen-bond donors (Lipinski definition) is 3. The number of halogens is 5. The van der Waals surface area contributed by atoms with Crippen molar-refractivity contribution in [3.05, 3.63) is 87.7 Å². The molecule has 0 saturated heterocycles. The minimum Gasteiger partial charge on any atom is -0.478 e. The molecular formula is C26H20ClF4NO4. The van der Waals surface area contributed by atoms with Gasteiger partial charge in [0, 0.05) is 22.2 Å². The zero-order valence-electron chi connectivity index (χ0n) is 19.0. The first kappa shape index (κ1) is 25.7. The number of carbonyl (C=O) groups excluding carboxylic acids is 1. The molecule has 3 atom stereocenters. The van der Waals surface area contributed by atoms with Gasteiger partial charge >= 0.3 is 12.1 Å². The monoisotopic (exact) mass is 521 g/mol. The first-order valence-corrected chi connectivity index (χ1v) is 11.2. The van der Waals surface area contributed by atoms with Crippen molar-refractivity contribution in [2.24, 2.45) is 0 Å². The zero-order chi connectivity index (χ0) is 26.6. The first-order valence-electron chi connectivity index (χ1n) is 10.8. The van der Waals surface area contributed by atoms with Crippen molar-refractivity contribution in [2.45, 2.75) is 37.5 Å². The summed E-state index contributed by atoms with van der Waals surface area (Å²) in [6.07, 6.45) is -5.11. The number of benzene rings is 3. The number of carboxylic acid groups (broad SMARTS) is 1. The number of anilines is 1. The van der Waals surface area contributed by atoms with Crippen LogP contribution in [0.4, 0.5) is 23.2 Å². The van der Waals surface area contributed by atoms with Crippen LogP contribution in [-0.2, 0) is 10.4 Å². The molecule has 3 N–H and O–H groups in total. The Balaban J connectivity index is 1.77. The summed E-state index contributed by atoms with van der Waals surface area (Å²) in [5.74, 6) is -4.77. The highest BCUT2D eigenvalue weighted by Crippen LogP contribution is 2.51. The standard InChI is InChI=1S/C26H20ClF4NO4/c1-12-19-11-16(5-8-22(19)32-23(12)33)25(36,26(29,30)31)13(2)17-6-3-14(9-20(17)27)18-7-4-15(24(34)35)10-21(18)28/h3-13,36H,1-2H3,(H,32,33)(H,34,35). The number of nitrogens with one attached hydrogen (secondary N) is 1. The smallest absolute Gasteiger partial charge is 0.422 e. The molecule has 0 aromatic heterocycles. The van der Waals surface area contributed by atoms with E-state index in [1.165, 1.54) is 49.4 Å². The molecule has 0 aliphatic carbocycles. The highest BCUT2D eigenvalue weighted by atomic mass is 35.5. The molecule has 0 spiro atoms. The SMILES string of the molecule is CC1C(=O)Nc2ccc(C(O)(C(C)c3ccc(-c4ccc(C(=O)O)cc4F)cc3Cl)C(F)(F)F)cc21. The van der Waals surface area contributed by atoms with Gasteiger partial charge in [0.05, 0.1) is 11.5 Å². The Kier molecular flexibility index (Phi) is 6.34. The van der Waals surface area contributed by atoms with Crippen molar-refractivity contribution in [2.75, 3.05) is 5.32 Å². The van der Waals surface area contributed by atoms with Crippen molar-refractivity contribution >= 4 is 29.2 Å². The van der Waals surface area contributed by atoms with Gasteiger partial charge in [0.25, 0.3) is 0 Å². The number of amides is 1. The van der Waals surface area contributed by atoms with E-state index in [0.717, 1.165) is 12.1 Å². The van der Waals surface area contributed by atoms with Crippen molar-refractivity contribution in [3.8, 4) is 11.1 Å². The van der Waals surface area contributed by atoms with Gasteiger partial charge in [-0.25, -0.2) is 9.18 Å². The molecule has 0 radical (unpaired) electrons. The van der Waals surface area contributed by atoms with E-state index in [2.05, 4.69) is 5.32 Å². The summed E-state index contributed by atoms with van der Waals surface area (Å²) in [5, 5.41) is 22.6. The largest absolute Gasteiger partial charge is 0.478 e. The van der Waals surface area contributed by atoms with Gasteiger partial charge in [-0.15, -0.1) is 0 Å². The maximum atomic E-state index is 14.5. The molecule has 0 saturated carbocycles. The van der Waals surface area contributed by atoms with Crippen molar-refractivity contribution in [3.63, 3.8) is 0 Å². The number of aromatic carboxylic acids is 1. The second-order valence-corrected chi connectivity index (χ2v) is 9.14. The van der Waals surface area contributed by atoms with Gasteiger partial charge < -0.3 is 15.5 Å². The van der Waals surface area contributed by atoms with Crippen molar-refractivity contribution in [1.82, 2.24) is 0 Å². The normalized spacial score (nSPS) is 17.8. The Morgan fingerprint density at radius 3 is 2.36 bits per heavy atom. The molecule has 1 amide bonds. The van der Waals surface area contributed by atoms with Gasteiger partial charge in [0.2, 0.25) is 5.91 Å². The molecule has 5 nitrogen and oxygen atoms in total. The van der Waals surface area contributed by atoms with Gasteiger partial charge in [0.1, 0.15) is 5.82 Å². The van der Waals surface area contributed by atoms with E-state index in [1.807, 2.05) is 0 Å². The molecule has 188 valence electrons. The zero-order valence-corrected chi connectivity index (χ0v) is 19.7. The Labute approximate surface area is 208 Å². The average Bonchev–Trinajstić information content (AvgIpc) is 3.10. The third kappa shape index (κ3) is 4.12. The predicted molar refractivity (Wildman–Crippen MR) is 126 cm³/mol.